The minimum Gasteiger partial charge on any atom is -0.464 e. The van der Waals surface area contributed by atoms with E-state index in [4.69, 9.17) is 11.5 Å². The first-order valence-corrected chi connectivity index (χ1v) is 2.84. The molecule has 0 unspecified atom stereocenters. The number of nitrogens with one attached hydrogen (secondary N) is 1. The normalized spacial score (nSPS) is 9.55. The molecule has 6 heteroatoms. The molecule has 0 fully saturated rings. The van der Waals surface area contributed by atoms with Gasteiger partial charge in [-0.15, -0.1) is 0 Å². The Labute approximate surface area is 62.5 Å². The molecule has 0 aliphatic carbocycles. The van der Waals surface area contributed by atoms with Crippen molar-refractivity contribution in [1.29, 1.82) is 0 Å². The van der Waals surface area contributed by atoms with E-state index in [0.29, 0.717) is 0 Å². The molecular weight excluding hydrogens is 148 g/mol. The van der Waals surface area contributed by atoms with Gasteiger partial charge in [-0.05, 0) is 0 Å². The van der Waals surface area contributed by atoms with E-state index < -0.39 is 5.97 Å². The molecule has 60 valence electrons. The van der Waals surface area contributed by atoms with Gasteiger partial charge in [-0.25, -0.2) is 4.79 Å². The Morgan fingerprint density at radius 1 is 1.64 bits per heavy atom. The Kier molecular flexibility index (Phi) is 1.67. The standard InChI is InChI=1S/C5H8N4O2/c1-11-5(10)3-2(6)4(7)9-8-3/h6H2,1H3,(H3,7,8,9). The van der Waals surface area contributed by atoms with Crippen LogP contribution in [0.5, 0.6) is 0 Å². The minimum absolute atomic E-state index is 0.0185. The number of anilines is 2. The molecule has 0 radical (unpaired) electrons. The minimum atomic E-state index is -0.601. The van der Waals surface area contributed by atoms with Crippen molar-refractivity contribution in [2.75, 3.05) is 18.6 Å². The van der Waals surface area contributed by atoms with E-state index in [-0.39, 0.29) is 17.2 Å². The number of nitrogen functional groups attached to an aromatic ring is 2. The molecule has 0 aromatic carbocycles. The monoisotopic (exact) mass is 156 g/mol. The van der Waals surface area contributed by atoms with Gasteiger partial charge in [0.1, 0.15) is 11.5 Å². The lowest BCUT2D eigenvalue weighted by molar-refractivity contribution is 0.0595. The molecule has 0 saturated carbocycles. The van der Waals surface area contributed by atoms with Crippen molar-refractivity contribution in [3.63, 3.8) is 0 Å². The van der Waals surface area contributed by atoms with Crippen LogP contribution in [0.15, 0.2) is 0 Å². The SMILES string of the molecule is COC(=O)c1n[nH]c(N)c1N. The lowest BCUT2D eigenvalue weighted by Crippen LogP contribution is -2.05. The zero-order valence-corrected chi connectivity index (χ0v) is 5.92. The first-order chi connectivity index (χ1) is 5.16. The van der Waals surface area contributed by atoms with Gasteiger partial charge in [-0.3, -0.25) is 5.10 Å². The molecule has 0 atom stereocenters. The zero-order valence-electron chi connectivity index (χ0n) is 5.92. The predicted octanol–water partition coefficient (Wildman–Crippen LogP) is -0.639. The summed E-state index contributed by atoms with van der Waals surface area (Å²) in [6.07, 6.45) is 0. The Hall–Kier alpha value is -1.72. The Morgan fingerprint density at radius 3 is 2.64 bits per heavy atom. The third-order valence-electron chi connectivity index (χ3n) is 1.21. The van der Waals surface area contributed by atoms with Crippen molar-refractivity contribution in [3.8, 4) is 0 Å². The third-order valence-corrected chi connectivity index (χ3v) is 1.21. The molecule has 1 aromatic rings. The van der Waals surface area contributed by atoms with Crippen LogP contribution in [0.2, 0.25) is 0 Å². The fraction of sp³-hybridized carbons (Fsp3) is 0.200. The highest BCUT2D eigenvalue weighted by atomic mass is 16.5. The molecule has 0 bridgehead atoms. The van der Waals surface area contributed by atoms with Crippen molar-refractivity contribution >= 4 is 17.5 Å². The lowest BCUT2D eigenvalue weighted by atomic mass is 10.3. The van der Waals surface area contributed by atoms with Gasteiger partial charge >= 0.3 is 5.97 Å². The maximum atomic E-state index is 10.8. The Bertz CT molecular complexity index is 280. The van der Waals surface area contributed by atoms with Crippen molar-refractivity contribution < 1.29 is 9.53 Å². The maximum absolute atomic E-state index is 10.8. The average Bonchev–Trinajstić information content (AvgIpc) is 2.32. The number of carbonyl (C=O) groups is 1. The number of hydrogen-bond acceptors (Lipinski definition) is 5. The summed E-state index contributed by atoms with van der Waals surface area (Å²) in [5.41, 5.74) is 10.8. The van der Waals surface area contributed by atoms with E-state index in [9.17, 15) is 4.79 Å². The maximum Gasteiger partial charge on any atom is 0.360 e. The van der Waals surface area contributed by atoms with Crippen molar-refractivity contribution in [3.05, 3.63) is 5.69 Å². The van der Waals surface area contributed by atoms with Crippen LogP contribution < -0.4 is 11.5 Å². The molecule has 1 aromatic heterocycles. The second kappa shape index (κ2) is 2.49. The number of nitrogens with two attached hydrogens (primary N) is 2. The molecule has 11 heavy (non-hydrogen) atoms. The van der Waals surface area contributed by atoms with Gasteiger partial charge in [0.25, 0.3) is 0 Å². The van der Waals surface area contributed by atoms with E-state index in [0.717, 1.165) is 0 Å². The van der Waals surface area contributed by atoms with E-state index in [1.54, 1.807) is 0 Å². The van der Waals surface area contributed by atoms with E-state index >= 15 is 0 Å². The fourth-order valence-electron chi connectivity index (χ4n) is 0.616. The first-order valence-electron chi connectivity index (χ1n) is 2.84. The van der Waals surface area contributed by atoms with Crippen LogP contribution in [0.1, 0.15) is 10.5 Å². The number of nitrogens with zero attached hydrogens (tertiary/aromatic N) is 1. The third kappa shape index (κ3) is 1.09. The van der Waals surface area contributed by atoms with E-state index in [1.807, 2.05) is 0 Å². The Balaban J connectivity index is 3.04. The quantitative estimate of drug-likeness (QED) is 0.469. The van der Waals surface area contributed by atoms with Crippen molar-refractivity contribution in [2.45, 2.75) is 0 Å². The number of aromatic nitrogens is 2. The van der Waals surface area contributed by atoms with Crippen LogP contribution in [0.4, 0.5) is 11.5 Å². The lowest BCUT2D eigenvalue weighted by Gasteiger charge is -1.93. The highest BCUT2D eigenvalue weighted by Gasteiger charge is 2.15. The summed E-state index contributed by atoms with van der Waals surface area (Å²) in [6.45, 7) is 0. The summed E-state index contributed by atoms with van der Waals surface area (Å²) >= 11 is 0. The molecule has 1 heterocycles. The van der Waals surface area contributed by atoms with Crippen LogP contribution in [0.25, 0.3) is 0 Å². The second-order valence-corrected chi connectivity index (χ2v) is 1.89. The predicted molar refractivity (Wildman–Crippen MR) is 38.8 cm³/mol. The number of aromatic amines is 1. The van der Waals surface area contributed by atoms with Crippen molar-refractivity contribution in [1.82, 2.24) is 10.2 Å². The van der Waals surface area contributed by atoms with Crippen molar-refractivity contribution in [2.24, 2.45) is 0 Å². The summed E-state index contributed by atoms with van der Waals surface area (Å²) in [5.74, 6) is -0.430. The van der Waals surface area contributed by atoms with Crippen LogP contribution >= 0.6 is 0 Å². The van der Waals surface area contributed by atoms with Crippen LogP contribution in [-0.4, -0.2) is 23.3 Å². The summed E-state index contributed by atoms with van der Waals surface area (Å²) in [5, 5.41) is 5.89. The van der Waals surface area contributed by atoms with E-state index in [2.05, 4.69) is 14.9 Å². The second-order valence-electron chi connectivity index (χ2n) is 1.89. The number of H-pyrrole nitrogens is 1. The number of methoxy groups -OCH3 is 1. The molecule has 0 amide bonds. The highest BCUT2D eigenvalue weighted by molar-refractivity contribution is 5.95. The highest BCUT2D eigenvalue weighted by Crippen LogP contribution is 2.15. The number of esters is 1. The smallest absolute Gasteiger partial charge is 0.360 e. The van der Waals surface area contributed by atoms with Gasteiger partial charge in [0.15, 0.2) is 5.69 Å². The zero-order chi connectivity index (χ0) is 8.43. The molecular formula is C5H8N4O2. The van der Waals surface area contributed by atoms with Crippen LogP contribution in [0, 0.1) is 0 Å². The van der Waals surface area contributed by atoms with Gasteiger partial charge in [-0.2, -0.15) is 5.10 Å². The average molecular weight is 156 g/mol. The summed E-state index contributed by atoms with van der Waals surface area (Å²) in [4.78, 5) is 10.8. The molecule has 0 spiro atoms. The van der Waals surface area contributed by atoms with Gasteiger partial charge in [0.2, 0.25) is 0 Å². The molecule has 0 saturated heterocycles. The number of hydrogen-bond donors (Lipinski definition) is 3. The largest absolute Gasteiger partial charge is 0.464 e. The molecule has 6 nitrogen and oxygen atoms in total. The number of ether oxygens (including phenoxy) is 1. The fourth-order valence-corrected chi connectivity index (χ4v) is 0.616. The topological polar surface area (TPSA) is 107 Å². The summed E-state index contributed by atoms with van der Waals surface area (Å²) in [6, 6.07) is 0. The molecule has 1 rings (SSSR count). The van der Waals surface area contributed by atoms with Crippen LogP contribution in [-0.2, 0) is 4.74 Å². The summed E-state index contributed by atoms with van der Waals surface area (Å²) < 4.78 is 4.37. The Morgan fingerprint density at radius 2 is 2.27 bits per heavy atom. The molecule has 5 N–H and O–H groups in total. The van der Waals surface area contributed by atoms with Gasteiger partial charge in [0.05, 0.1) is 7.11 Å². The van der Waals surface area contributed by atoms with Gasteiger partial charge in [0, 0.05) is 0 Å². The van der Waals surface area contributed by atoms with Gasteiger partial charge in [-0.1, -0.05) is 0 Å². The summed E-state index contributed by atoms with van der Waals surface area (Å²) in [7, 11) is 1.24. The number of rotatable bonds is 1. The van der Waals surface area contributed by atoms with Gasteiger partial charge < -0.3 is 16.2 Å². The molecule has 0 aliphatic rings. The molecule has 0 aliphatic heterocycles. The van der Waals surface area contributed by atoms with E-state index in [1.165, 1.54) is 7.11 Å². The number of carbonyl (C=O) groups excluding carboxylic acids is 1. The first kappa shape index (κ1) is 7.39. The van der Waals surface area contributed by atoms with Crippen LogP contribution in [0.3, 0.4) is 0 Å².